The number of hydrogen-bond acceptors (Lipinski definition) is 4. The van der Waals surface area contributed by atoms with Gasteiger partial charge in [0, 0.05) is 25.9 Å². The maximum atomic E-state index is 13.4. The van der Waals surface area contributed by atoms with Gasteiger partial charge in [-0.2, -0.15) is 0 Å². The number of rotatable bonds is 4. The molecule has 1 aromatic carbocycles. The molecule has 0 N–H and O–H groups in total. The first-order valence-corrected chi connectivity index (χ1v) is 11.9. The van der Waals surface area contributed by atoms with Crippen LogP contribution in [0.5, 0.6) is 0 Å². The van der Waals surface area contributed by atoms with Crippen molar-refractivity contribution in [1.29, 1.82) is 0 Å². The van der Waals surface area contributed by atoms with E-state index in [0.717, 1.165) is 36.8 Å². The van der Waals surface area contributed by atoms with E-state index < -0.39 is 10.0 Å². The summed E-state index contributed by atoms with van der Waals surface area (Å²) >= 11 is 0. The number of aromatic nitrogens is 1. The third kappa shape index (κ3) is 4.57. The zero-order valence-electron chi connectivity index (χ0n) is 18.5. The Morgan fingerprint density at radius 2 is 1.73 bits per heavy atom. The molecule has 2 aromatic rings. The van der Waals surface area contributed by atoms with Crippen molar-refractivity contribution in [2.75, 3.05) is 14.1 Å². The number of hydrogen-bond donors (Lipinski definition) is 0. The van der Waals surface area contributed by atoms with Gasteiger partial charge in [-0.15, -0.1) is 0 Å². The fourth-order valence-electron chi connectivity index (χ4n) is 3.81. The second kappa shape index (κ2) is 8.86. The first-order valence-electron chi connectivity index (χ1n) is 10.4. The number of nitrogens with zero attached hydrogens (tertiary/aromatic N) is 3. The molecule has 1 saturated carbocycles. The lowest BCUT2D eigenvalue weighted by Crippen LogP contribution is -2.30. The minimum atomic E-state index is -3.66. The molecular weight excluding hydrogens is 398 g/mol. The fourth-order valence-corrected chi connectivity index (χ4v) is 5.03. The molecule has 1 aliphatic carbocycles. The summed E-state index contributed by atoms with van der Waals surface area (Å²) in [5.74, 6) is -0.275. The Morgan fingerprint density at radius 3 is 2.37 bits per heavy atom. The molecule has 30 heavy (non-hydrogen) atoms. The average Bonchev–Trinajstić information content (AvgIpc) is 2.70. The Bertz CT molecular complexity index is 1120. The Balaban J connectivity index is 2.12. The van der Waals surface area contributed by atoms with Crippen LogP contribution in [-0.2, 0) is 10.0 Å². The van der Waals surface area contributed by atoms with E-state index in [0.29, 0.717) is 16.6 Å². The van der Waals surface area contributed by atoms with Crippen LogP contribution in [0.2, 0.25) is 0 Å². The molecule has 3 rings (SSSR count). The van der Waals surface area contributed by atoms with Crippen molar-refractivity contribution in [2.45, 2.75) is 63.8 Å². The lowest BCUT2D eigenvalue weighted by atomic mass is 9.96. The van der Waals surface area contributed by atoms with Crippen LogP contribution in [0.15, 0.2) is 40.4 Å². The molecule has 0 atom stereocenters. The topological polar surface area (TPSA) is 71.7 Å². The molecule has 0 spiro atoms. The molecule has 0 saturated heterocycles. The van der Waals surface area contributed by atoms with Crippen LogP contribution < -0.4 is 5.49 Å². The number of carbonyl (C=O) groups is 1. The predicted octanol–water partition coefficient (Wildman–Crippen LogP) is 3.59. The van der Waals surface area contributed by atoms with Crippen molar-refractivity contribution in [1.82, 2.24) is 8.87 Å². The van der Waals surface area contributed by atoms with E-state index in [-0.39, 0.29) is 16.8 Å². The van der Waals surface area contributed by atoms with Crippen molar-refractivity contribution in [2.24, 2.45) is 4.99 Å². The number of carbonyl (C=O) groups excluding carboxylic acids is 1. The van der Waals surface area contributed by atoms with Crippen LogP contribution in [0.3, 0.4) is 0 Å². The van der Waals surface area contributed by atoms with Crippen LogP contribution in [0.25, 0.3) is 0 Å². The Kier molecular flexibility index (Phi) is 6.62. The van der Waals surface area contributed by atoms with Crippen molar-refractivity contribution in [3.05, 3.63) is 58.2 Å². The SMILES string of the molecule is Cc1ccn(C(=O)c2cc(C)c(C)c(S(=O)(=O)N(C)C)c2)c(=NC2CCCCC2)c1. The van der Waals surface area contributed by atoms with Gasteiger partial charge in [-0.1, -0.05) is 19.3 Å². The van der Waals surface area contributed by atoms with Gasteiger partial charge in [0.2, 0.25) is 10.0 Å². The van der Waals surface area contributed by atoms with Gasteiger partial charge in [0.25, 0.3) is 5.91 Å². The summed E-state index contributed by atoms with van der Waals surface area (Å²) in [7, 11) is -0.670. The molecule has 0 aliphatic heterocycles. The van der Waals surface area contributed by atoms with E-state index in [4.69, 9.17) is 4.99 Å². The van der Waals surface area contributed by atoms with Crippen molar-refractivity contribution < 1.29 is 13.2 Å². The monoisotopic (exact) mass is 429 g/mol. The van der Waals surface area contributed by atoms with Gasteiger partial charge in [0.05, 0.1) is 10.9 Å². The van der Waals surface area contributed by atoms with Crippen LogP contribution in [0, 0.1) is 20.8 Å². The zero-order valence-corrected chi connectivity index (χ0v) is 19.3. The van der Waals surface area contributed by atoms with Gasteiger partial charge in [-0.25, -0.2) is 12.7 Å². The number of pyridine rings is 1. The van der Waals surface area contributed by atoms with Crippen LogP contribution in [0.4, 0.5) is 0 Å². The molecule has 1 fully saturated rings. The summed E-state index contributed by atoms with van der Waals surface area (Å²) in [5.41, 5.74) is 3.42. The van der Waals surface area contributed by atoms with Gasteiger partial charge in [0.15, 0.2) is 0 Å². The quantitative estimate of drug-likeness (QED) is 0.746. The van der Waals surface area contributed by atoms with Crippen LogP contribution >= 0.6 is 0 Å². The number of aryl methyl sites for hydroxylation is 2. The van der Waals surface area contributed by atoms with Gasteiger partial charge >= 0.3 is 0 Å². The standard InChI is InChI=1S/C23H31N3O3S/c1-16-11-12-26(22(13-16)24-20-9-7-6-8-10-20)23(27)19-14-17(2)18(3)21(15-19)30(28,29)25(4)5/h11-15,20H,6-10H2,1-5H3. The summed E-state index contributed by atoms with van der Waals surface area (Å²) in [6, 6.07) is 7.26. The molecule has 7 heteroatoms. The Labute approximate surface area is 179 Å². The summed E-state index contributed by atoms with van der Waals surface area (Å²) in [5, 5.41) is 0. The third-order valence-corrected chi connectivity index (χ3v) is 7.76. The molecule has 6 nitrogen and oxygen atoms in total. The Hall–Kier alpha value is -2.25. The molecule has 0 radical (unpaired) electrons. The number of benzene rings is 1. The maximum Gasteiger partial charge on any atom is 0.263 e. The summed E-state index contributed by atoms with van der Waals surface area (Å²) in [6.07, 6.45) is 7.38. The smallest absolute Gasteiger partial charge is 0.263 e. The van der Waals surface area contributed by atoms with Crippen molar-refractivity contribution in [3.63, 3.8) is 0 Å². The van der Waals surface area contributed by atoms with E-state index in [1.807, 2.05) is 26.0 Å². The van der Waals surface area contributed by atoms with E-state index in [1.54, 1.807) is 19.2 Å². The third-order valence-electron chi connectivity index (χ3n) is 5.82. The summed E-state index contributed by atoms with van der Waals surface area (Å²) in [6.45, 7) is 5.57. The van der Waals surface area contributed by atoms with E-state index >= 15 is 0 Å². The van der Waals surface area contributed by atoms with E-state index in [1.165, 1.54) is 35.5 Å². The minimum Gasteiger partial charge on any atom is -0.268 e. The van der Waals surface area contributed by atoms with Crippen molar-refractivity contribution in [3.8, 4) is 0 Å². The highest BCUT2D eigenvalue weighted by Crippen LogP contribution is 2.24. The fraction of sp³-hybridized carbons (Fsp3) is 0.478. The second-order valence-corrected chi connectivity index (χ2v) is 10.5. The Morgan fingerprint density at radius 1 is 1.07 bits per heavy atom. The van der Waals surface area contributed by atoms with E-state index in [2.05, 4.69) is 0 Å². The lowest BCUT2D eigenvalue weighted by molar-refractivity contribution is 0.0954. The highest BCUT2D eigenvalue weighted by Gasteiger charge is 2.23. The first kappa shape index (κ1) is 22.4. The first-order chi connectivity index (χ1) is 14.1. The second-order valence-electron chi connectivity index (χ2n) is 8.36. The average molecular weight is 430 g/mol. The minimum absolute atomic E-state index is 0.161. The van der Waals surface area contributed by atoms with Crippen molar-refractivity contribution >= 4 is 15.9 Å². The van der Waals surface area contributed by atoms with Crippen LogP contribution in [-0.4, -0.2) is 43.3 Å². The lowest BCUT2D eigenvalue weighted by Gasteiger charge is -2.19. The summed E-state index contributed by atoms with van der Waals surface area (Å²) < 4.78 is 28.3. The van der Waals surface area contributed by atoms with E-state index in [9.17, 15) is 13.2 Å². The highest BCUT2D eigenvalue weighted by atomic mass is 32.2. The molecule has 162 valence electrons. The molecule has 0 bridgehead atoms. The predicted molar refractivity (Wildman–Crippen MR) is 118 cm³/mol. The highest BCUT2D eigenvalue weighted by molar-refractivity contribution is 7.89. The van der Waals surface area contributed by atoms with Gasteiger partial charge in [-0.3, -0.25) is 14.4 Å². The summed E-state index contributed by atoms with van der Waals surface area (Å²) in [4.78, 5) is 18.5. The molecule has 1 aliphatic rings. The van der Waals surface area contributed by atoms with Gasteiger partial charge in [0.1, 0.15) is 5.49 Å². The molecule has 1 heterocycles. The zero-order chi connectivity index (χ0) is 22.1. The normalized spacial score (nSPS) is 16.3. The van der Waals surface area contributed by atoms with Gasteiger partial charge < -0.3 is 0 Å². The molecule has 0 amide bonds. The molecular formula is C23H31N3O3S. The molecule has 1 aromatic heterocycles. The molecule has 0 unspecified atom stereocenters. The van der Waals surface area contributed by atoms with Gasteiger partial charge in [-0.05, 0) is 74.6 Å². The van der Waals surface area contributed by atoms with Crippen LogP contribution in [0.1, 0.15) is 59.2 Å². The maximum absolute atomic E-state index is 13.4. The largest absolute Gasteiger partial charge is 0.268 e. The number of sulfonamides is 1.